The van der Waals surface area contributed by atoms with Gasteiger partial charge in [0.05, 0.1) is 11.9 Å². The van der Waals surface area contributed by atoms with E-state index in [1.807, 2.05) is 0 Å². The zero-order chi connectivity index (χ0) is 13.9. The molecule has 20 heavy (non-hydrogen) atoms. The van der Waals surface area contributed by atoms with Gasteiger partial charge in [-0.05, 0) is 18.9 Å². The number of nitrogens with zero attached hydrogens (tertiary/aromatic N) is 5. The highest BCUT2D eigenvalue weighted by atomic mass is 16.1. The van der Waals surface area contributed by atoms with Crippen LogP contribution in [0.2, 0.25) is 0 Å². The van der Waals surface area contributed by atoms with Gasteiger partial charge >= 0.3 is 0 Å². The molecule has 104 valence electrons. The number of aryl methyl sites for hydroxylation is 1. The summed E-state index contributed by atoms with van der Waals surface area (Å²) in [6.45, 7) is 4.94. The molecular formula is C13H16N6O. The van der Waals surface area contributed by atoms with Crippen LogP contribution in [0.25, 0.3) is 0 Å². The summed E-state index contributed by atoms with van der Waals surface area (Å²) in [5.74, 6) is 1.72. The first-order chi connectivity index (χ1) is 9.76. The number of amides is 1. The van der Waals surface area contributed by atoms with Gasteiger partial charge in [-0.2, -0.15) is 5.10 Å². The molecule has 7 nitrogen and oxygen atoms in total. The molecule has 0 radical (unpaired) electrons. The van der Waals surface area contributed by atoms with E-state index in [2.05, 4.69) is 31.8 Å². The largest absolute Gasteiger partial charge is 0.320 e. The Morgan fingerprint density at radius 2 is 2.35 bits per heavy atom. The SMILES string of the molecule is C=CC(=O)Nc1cnn(Cc2nnc3n2CCCC3)c1. The van der Waals surface area contributed by atoms with E-state index in [0.717, 1.165) is 31.0 Å². The third-order valence-corrected chi connectivity index (χ3v) is 3.33. The van der Waals surface area contributed by atoms with E-state index in [1.54, 1.807) is 17.1 Å². The van der Waals surface area contributed by atoms with E-state index < -0.39 is 0 Å². The van der Waals surface area contributed by atoms with Crippen LogP contribution in [0, 0.1) is 0 Å². The molecule has 1 amide bonds. The molecular weight excluding hydrogens is 256 g/mol. The molecule has 0 fully saturated rings. The molecule has 0 unspecified atom stereocenters. The van der Waals surface area contributed by atoms with Crippen molar-refractivity contribution in [2.75, 3.05) is 5.32 Å². The lowest BCUT2D eigenvalue weighted by molar-refractivity contribution is -0.111. The number of aromatic nitrogens is 5. The summed E-state index contributed by atoms with van der Waals surface area (Å²) in [4.78, 5) is 11.2. The molecule has 2 aromatic heterocycles. The van der Waals surface area contributed by atoms with E-state index in [9.17, 15) is 4.79 Å². The second-order valence-electron chi connectivity index (χ2n) is 4.76. The summed E-state index contributed by atoms with van der Waals surface area (Å²) in [5.41, 5.74) is 0.647. The number of rotatable bonds is 4. The number of hydrogen-bond acceptors (Lipinski definition) is 4. The van der Waals surface area contributed by atoms with Crippen LogP contribution < -0.4 is 5.32 Å². The fourth-order valence-electron chi connectivity index (χ4n) is 2.34. The van der Waals surface area contributed by atoms with Crippen molar-refractivity contribution in [1.29, 1.82) is 0 Å². The summed E-state index contributed by atoms with van der Waals surface area (Å²) >= 11 is 0. The van der Waals surface area contributed by atoms with Crippen molar-refractivity contribution in [2.45, 2.75) is 32.4 Å². The lowest BCUT2D eigenvalue weighted by Gasteiger charge is -2.14. The number of nitrogens with one attached hydrogen (secondary N) is 1. The number of hydrogen-bond donors (Lipinski definition) is 1. The number of anilines is 1. The Morgan fingerprint density at radius 3 is 3.20 bits per heavy atom. The van der Waals surface area contributed by atoms with Crippen LogP contribution in [0.5, 0.6) is 0 Å². The van der Waals surface area contributed by atoms with Crippen molar-refractivity contribution in [3.63, 3.8) is 0 Å². The fourth-order valence-corrected chi connectivity index (χ4v) is 2.34. The molecule has 0 spiro atoms. The van der Waals surface area contributed by atoms with Crippen molar-refractivity contribution in [3.05, 3.63) is 36.7 Å². The van der Waals surface area contributed by atoms with Crippen LogP contribution in [0.1, 0.15) is 24.5 Å². The predicted octanol–water partition coefficient (Wildman–Crippen LogP) is 0.984. The quantitative estimate of drug-likeness (QED) is 0.842. The maximum Gasteiger partial charge on any atom is 0.247 e. The van der Waals surface area contributed by atoms with E-state index in [4.69, 9.17) is 0 Å². The van der Waals surface area contributed by atoms with Crippen LogP contribution in [0.15, 0.2) is 25.0 Å². The minimum Gasteiger partial charge on any atom is -0.320 e. The standard InChI is InChI=1S/C13H16N6O/c1-2-13(20)15-10-7-14-18(8-10)9-12-17-16-11-5-3-4-6-19(11)12/h2,7-8H,1,3-6,9H2,(H,15,20). The highest BCUT2D eigenvalue weighted by Crippen LogP contribution is 2.15. The molecule has 1 N–H and O–H groups in total. The Labute approximate surface area is 116 Å². The van der Waals surface area contributed by atoms with Crippen molar-refractivity contribution in [2.24, 2.45) is 0 Å². The fraction of sp³-hybridized carbons (Fsp3) is 0.385. The Morgan fingerprint density at radius 1 is 1.45 bits per heavy atom. The Balaban J connectivity index is 1.73. The van der Waals surface area contributed by atoms with E-state index in [1.165, 1.54) is 12.5 Å². The second-order valence-corrected chi connectivity index (χ2v) is 4.76. The molecule has 1 aliphatic heterocycles. The van der Waals surface area contributed by atoms with Crippen LogP contribution in [-0.2, 0) is 24.3 Å². The maximum absolute atomic E-state index is 11.2. The van der Waals surface area contributed by atoms with Crippen molar-refractivity contribution < 1.29 is 4.79 Å². The lowest BCUT2D eigenvalue weighted by atomic mass is 10.2. The third kappa shape index (κ3) is 2.47. The van der Waals surface area contributed by atoms with Crippen LogP contribution in [0.3, 0.4) is 0 Å². The maximum atomic E-state index is 11.2. The molecule has 0 atom stereocenters. The second kappa shape index (κ2) is 5.28. The van der Waals surface area contributed by atoms with Crippen molar-refractivity contribution in [3.8, 4) is 0 Å². The van der Waals surface area contributed by atoms with E-state index in [0.29, 0.717) is 12.2 Å². The van der Waals surface area contributed by atoms with Gasteiger partial charge in [0, 0.05) is 19.2 Å². The molecule has 0 bridgehead atoms. The van der Waals surface area contributed by atoms with E-state index >= 15 is 0 Å². The van der Waals surface area contributed by atoms with Gasteiger partial charge in [0.25, 0.3) is 0 Å². The van der Waals surface area contributed by atoms with Crippen LogP contribution in [0.4, 0.5) is 5.69 Å². The zero-order valence-corrected chi connectivity index (χ0v) is 11.1. The summed E-state index contributed by atoms with van der Waals surface area (Å²) < 4.78 is 3.90. The molecule has 1 aliphatic rings. The monoisotopic (exact) mass is 272 g/mol. The summed E-state index contributed by atoms with van der Waals surface area (Å²) in [6.07, 6.45) is 7.94. The Kier molecular flexibility index (Phi) is 3.32. The van der Waals surface area contributed by atoms with Gasteiger partial charge < -0.3 is 9.88 Å². The van der Waals surface area contributed by atoms with Gasteiger partial charge in [-0.1, -0.05) is 6.58 Å². The Hall–Kier alpha value is -2.44. The van der Waals surface area contributed by atoms with Gasteiger partial charge in [0.2, 0.25) is 5.91 Å². The minimum atomic E-state index is -0.246. The predicted molar refractivity (Wildman–Crippen MR) is 73.1 cm³/mol. The topological polar surface area (TPSA) is 77.6 Å². The molecule has 0 saturated heterocycles. The Bertz CT molecular complexity index is 641. The van der Waals surface area contributed by atoms with Crippen LogP contribution in [-0.4, -0.2) is 30.5 Å². The van der Waals surface area contributed by atoms with Crippen LogP contribution >= 0.6 is 0 Å². The van der Waals surface area contributed by atoms with Crippen molar-refractivity contribution >= 4 is 11.6 Å². The molecule has 7 heteroatoms. The van der Waals surface area contributed by atoms with Gasteiger partial charge in [0.15, 0.2) is 5.82 Å². The third-order valence-electron chi connectivity index (χ3n) is 3.33. The number of carbonyl (C=O) groups is 1. The van der Waals surface area contributed by atoms with Gasteiger partial charge in [0.1, 0.15) is 12.4 Å². The summed E-state index contributed by atoms with van der Waals surface area (Å²) in [7, 11) is 0. The van der Waals surface area contributed by atoms with Crippen molar-refractivity contribution in [1.82, 2.24) is 24.5 Å². The average molecular weight is 272 g/mol. The van der Waals surface area contributed by atoms with E-state index in [-0.39, 0.29) is 5.91 Å². The number of fused-ring (bicyclic) bond motifs is 1. The lowest BCUT2D eigenvalue weighted by Crippen LogP contribution is -2.15. The first-order valence-corrected chi connectivity index (χ1v) is 6.63. The van der Waals surface area contributed by atoms with Gasteiger partial charge in [-0.3, -0.25) is 9.48 Å². The first-order valence-electron chi connectivity index (χ1n) is 6.63. The molecule has 0 aliphatic carbocycles. The smallest absolute Gasteiger partial charge is 0.247 e. The molecule has 3 rings (SSSR count). The van der Waals surface area contributed by atoms with Gasteiger partial charge in [-0.15, -0.1) is 10.2 Å². The first kappa shape index (κ1) is 12.6. The minimum absolute atomic E-state index is 0.246. The molecule has 2 aromatic rings. The highest BCUT2D eigenvalue weighted by molar-refractivity contribution is 5.98. The molecule has 3 heterocycles. The normalized spacial score (nSPS) is 13.8. The zero-order valence-electron chi connectivity index (χ0n) is 11.1. The summed E-state index contributed by atoms with van der Waals surface area (Å²) in [5, 5.41) is 15.3. The number of carbonyl (C=O) groups excluding carboxylic acids is 1. The highest BCUT2D eigenvalue weighted by Gasteiger charge is 2.16. The van der Waals surface area contributed by atoms with Gasteiger partial charge in [-0.25, -0.2) is 0 Å². The molecule has 0 aromatic carbocycles. The average Bonchev–Trinajstić information content (AvgIpc) is 3.07. The molecule has 0 saturated carbocycles. The summed E-state index contributed by atoms with van der Waals surface area (Å²) in [6, 6.07) is 0.